The Bertz CT molecular complexity index is 523. The summed E-state index contributed by atoms with van der Waals surface area (Å²) in [4.78, 5) is 3.87. The lowest BCUT2D eigenvalue weighted by atomic mass is 10.2. The number of aliphatic hydroxyl groups is 1. The van der Waals surface area contributed by atoms with Crippen molar-refractivity contribution in [2.75, 3.05) is 6.61 Å². The third-order valence-electron chi connectivity index (χ3n) is 2.63. The van der Waals surface area contributed by atoms with Gasteiger partial charge in [-0.25, -0.2) is 8.78 Å². The van der Waals surface area contributed by atoms with E-state index in [1.165, 1.54) is 0 Å². The fourth-order valence-corrected chi connectivity index (χ4v) is 1.66. The number of ether oxygens (including phenoxy) is 1. The number of aliphatic hydroxyl groups excluding tert-OH is 1. The van der Waals surface area contributed by atoms with Crippen LogP contribution in [0.2, 0.25) is 0 Å². The van der Waals surface area contributed by atoms with E-state index in [1.807, 2.05) is 12.1 Å². The van der Waals surface area contributed by atoms with Crippen molar-refractivity contribution in [1.29, 1.82) is 0 Å². The van der Waals surface area contributed by atoms with Gasteiger partial charge in [0.15, 0.2) is 17.4 Å². The number of hydrogen-bond acceptors (Lipinski definition) is 3. The topological polar surface area (TPSA) is 42.4 Å². The lowest BCUT2D eigenvalue weighted by molar-refractivity contribution is 0.273. The van der Waals surface area contributed by atoms with Crippen LogP contribution in [0, 0.1) is 11.6 Å². The average molecular weight is 265 g/mol. The molecule has 5 heteroatoms. The second kappa shape index (κ2) is 6.24. The monoisotopic (exact) mass is 265 g/mol. The molecular weight excluding hydrogens is 252 g/mol. The summed E-state index contributed by atoms with van der Waals surface area (Å²) in [7, 11) is 0. The first-order chi connectivity index (χ1) is 9.20. The predicted octanol–water partition coefficient (Wildman–Crippen LogP) is 2.47. The smallest absolute Gasteiger partial charge is 0.190 e. The maximum Gasteiger partial charge on any atom is 0.190 e. The maximum atomic E-state index is 13.5. The average Bonchev–Trinajstić information content (AvgIpc) is 2.42. The highest BCUT2D eigenvalue weighted by molar-refractivity contribution is 5.31. The Labute approximate surface area is 109 Å². The zero-order valence-corrected chi connectivity index (χ0v) is 10.1. The summed E-state index contributed by atoms with van der Waals surface area (Å²) in [6, 6.07) is 5.74. The lowest BCUT2D eigenvalue weighted by Crippen LogP contribution is -2.05. The lowest BCUT2D eigenvalue weighted by Gasteiger charge is -2.09. The summed E-state index contributed by atoms with van der Waals surface area (Å²) < 4.78 is 32.2. The third kappa shape index (κ3) is 3.48. The van der Waals surface area contributed by atoms with Crippen LogP contribution in [0.25, 0.3) is 0 Å². The molecule has 0 bridgehead atoms. The molecule has 19 heavy (non-hydrogen) atoms. The van der Waals surface area contributed by atoms with Crippen LogP contribution >= 0.6 is 0 Å². The van der Waals surface area contributed by atoms with Gasteiger partial charge in [0, 0.05) is 18.8 Å². The first kappa shape index (κ1) is 13.4. The molecular formula is C14H13F2NO2. The van der Waals surface area contributed by atoms with E-state index < -0.39 is 24.0 Å². The number of halogens is 2. The molecule has 0 spiro atoms. The molecule has 0 saturated heterocycles. The highest BCUT2D eigenvalue weighted by Crippen LogP contribution is 2.23. The minimum Gasteiger partial charge on any atom is -0.487 e. The Hall–Kier alpha value is -2.01. The van der Waals surface area contributed by atoms with Gasteiger partial charge in [-0.3, -0.25) is 4.98 Å². The van der Waals surface area contributed by atoms with Crippen molar-refractivity contribution in [2.24, 2.45) is 0 Å². The van der Waals surface area contributed by atoms with Crippen molar-refractivity contribution in [3.63, 3.8) is 0 Å². The zero-order valence-electron chi connectivity index (χ0n) is 10.1. The molecule has 0 aliphatic rings. The first-order valence-corrected chi connectivity index (χ1v) is 5.81. The van der Waals surface area contributed by atoms with Gasteiger partial charge in [-0.1, -0.05) is 0 Å². The molecule has 0 unspecified atom stereocenters. The fraction of sp³-hybridized carbons (Fsp3) is 0.214. The molecule has 3 nitrogen and oxygen atoms in total. The van der Waals surface area contributed by atoms with E-state index >= 15 is 0 Å². The number of benzene rings is 1. The molecule has 0 aliphatic carbocycles. The van der Waals surface area contributed by atoms with Crippen molar-refractivity contribution in [2.45, 2.75) is 13.0 Å². The molecule has 0 fully saturated rings. The Morgan fingerprint density at radius 2 is 1.68 bits per heavy atom. The highest BCUT2D eigenvalue weighted by atomic mass is 19.1. The van der Waals surface area contributed by atoms with E-state index in [-0.39, 0.29) is 12.2 Å². The Morgan fingerprint density at radius 1 is 1.05 bits per heavy atom. The van der Waals surface area contributed by atoms with Gasteiger partial charge in [-0.2, -0.15) is 0 Å². The molecule has 0 amide bonds. The van der Waals surface area contributed by atoms with Gasteiger partial charge < -0.3 is 9.84 Å². The van der Waals surface area contributed by atoms with E-state index in [0.717, 1.165) is 17.7 Å². The molecule has 1 aromatic heterocycles. The van der Waals surface area contributed by atoms with Crippen LogP contribution in [0.1, 0.15) is 11.1 Å². The molecule has 1 aromatic carbocycles. The van der Waals surface area contributed by atoms with Gasteiger partial charge in [-0.15, -0.1) is 0 Å². The Kier molecular flexibility index (Phi) is 4.41. The van der Waals surface area contributed by atoms with Crippen LogP contribution in [-0.4, -0.2) is 16.7 Å². The van der Waals surface area contributed by atoms with E-state index in [0.29, 0.717) is 6.42 Å². The van der Waals surface area contributed by atoms with Crippen molar-refractivity contribution >= 4 is 0 Å². The number of pyridine rings is 1. The minimum absolute atomic E-state index is 0.163. The first-order valence-electron chi connectivity index (χ1n) is 5.81. The van der Waals surface area contributed by atoms with E-state index in [4.69, 9.17) is 9.84 Å². The van der Waals surface area contributed by atoms with Gasteiger partial charge in [0.2, 0.25) is 0 Å². The van der Waals surface area contributed by atoms with Crippen molar-refractivity contribution in [3.8, 4) is 5.75 Å². The van der Waals surface area contributed by atoms with E-state index in [1.54, 1.807) is 12.4 Å². The molecule has 0 saturated carbocycles. The number of rotatable bonds is 5. The van der Waals surface area contributed by atoms with Gasteiger partial charge in [0.05, 0.1) is 13.2 Å². The molecule has 1 heterocycles. The number of nitrogens with zero attached hydrogens (tertiary/aromatic N) is 1. The van der Waals surface area contributed by atoms with Crippen molar-refractivity contribution in [3.05, 3.63) is 59.4 Å². The zero-order chi connectivity index (χ0) is 13.7. The van der Waals surface area contributed by atoms with Crippen LogP contribution in [0.4, 0.5) is 8.78 Å². The summed E-state index contributed by atoms with van der Waals surface area (Å²) in [6.45, 7) is -0.249. The molecule has 2 rings (SSSR count). The van der Waals surface area contributed by atoms with Crippen molar-refractivity contribution in [1.82, 2.24) is 4.98 Å². The van der Waals surface area contributed by atoms with Gasteiger partial charge >= 0.3 is 0 Å². The van der Waals surface area contributed by atoms with Gasteiger partial charge in [0.1, 0.15) is 0 Å². The number of aromatic nitrogens is 1. The molecule has 0 aliphatic heterocycles. The van der Waals surface area contributed by atoms with Crippen LogP contribution < -0.4 is 4.74 Å². The predicted molar refractivity (Wildman–Crippen MR) is 65.7 cm³/mol. The highest BCUT2D eigenvalue weighted by Gasteiger charge is 2.12. The van der Waals surface area contributed by atoms with Gasteiger partial charge in [0.25, 0.3) is 0 Å². The second-order valence-corrected chi connectivity index (χ2v) is 4.00. The molecule has 1 N–H and O–H groups in total. The molecule has 0 atom stereocenters. The minimum atomic E-state index is -0.807. The third-order valence-corrected chi connectivity index (χ3v) is 2.63. The fourth-order valence-electron chi connectivity index (χ4n) is 1.66. The van der Waals surface area contributed by atoms with Crippen LogP contribution in [0.15, 0.2) is 36.7 Å². The summed E-state index contributed by atoms with van der Waals surface area (Å²) in [5.74, 6) is -2.02. The quantitative estimate of drug-likeness (QED) is 0.903. The normalized spacial score (nSPS) is 10.5. The van der Waals surface area contributed by atoms with E-state index in [2.05, 4.69) is 4.98 Å². The SMILES string of the molecule is OCc1cc(F)c(OCCc2ccncc2)c(F)c1. The summed E-state index contributed by atoms with van der Waals surface area (Å²) in [6.07, 6.45) is 3.82. The van der Waals surface area contributed by atoms with Crippen LogP contribution in [0.5, 0.6) is 5.75 Å². The standard InChI is InChI=1S/C14H13F2NO2/c15-12-7-11(9-18)8-13(16)14(12)19-6-3-10-1-4-17-5-2-10/h1-2,4-5,7-8,18H,3,6,9H2. The van der Waals surface area contributed by atoms with E-state index in [9.17, 15) is 8.78 Å². The van der Waals surface area contributed by atoms with Crippen LogP contribution in [0.3, 0.4) is 0 Å². The number of hydrogen-bond donors (Lipinski definition) is 1. The molecule has 0 radical (unpaired) electrons. The Morgan fingerprint density at radius 3 is 2.26 bits per heavy atom. The molecule has 2 aromatic rings. The van der Waals surface area contributed by atoms with Crippen LogP contribution in [-0.2, 0) is 13.0 Å². The summed E-state index contributed by atoms with van der Waals surface area (Å²) in [5, 5.41) is 8.82. The largest absolute Gasteiger partial charge is 0.487 e. The van der Waals surface area contributed by atoms with Crippen molar-refractivity contribution < 1.29 is 18.6 Å². The summed E-state index contributed by atoms with van der Waals surface area (Å²) >= 11 is 0. The summed E-state index contributed by atoms with van der Waals surface area (Å²) in [5.41, 5.74) is 1.15. The molecule has 100 valence electrons. The van der Waals surface area contributed by atoms with Gasteiger partial charge in [-0.05, 0) is 35.4 Å². The Balaban J connectivity index is 2.00. The second-order valence-electron chi connectivity index (χ2n) is 4.00. The maximum absolute atomic E-state index is 13.5.